The summed E-state index contributed by atoms with van der Waals surface area (Å²) in [5, 5.41) is 0. The summed E-state index contributed by atoms with van der Waals surface area (Å²) in [6.45, 7) is 1.77. The molecular weight excluding hydrogens is 224 g/mol. The highest BCUT2D eigenvalue weighted by Gasteiger charge is 2.19. The SMILES string of the molecule is CC/C(=C\N(C)C)C(=O)c1c(F)cccc1F. The van der Waals surface area contributed by atoms with E-state index in [4.69, 9.17) is 0 Å². The molecule has 0 aliphatic rings. The first-order chi connectivity index (χ1) is 7.97. The molecule has 0 heterocycles. The summed E-state index contributed by atoms with van der Waals surface area (Å²) >= 11 is 0. The molecule has 1 rings (SSSR count). The van der Waals surface area contributed by atoms with Gasteiger partial charge in [-0.25, -0.2) is 8.78 Å². The monoisotopic (exact) mass is 239 g/mol. The third kappa shape index (κ3) is 3.12. The van der Waals surface area contributed by atoms with Crippen molar-refractivity contribution in [2.45, 2.75) is 13.3 Å². The highest BCUT2D eigenvalue weighted by Crippen LogP contribution is 2.18. The average molecular weight is 239 g/mol. The Morgan fingerprint density at radius 1 is 1.29 bits per heavy atom. The zero-order valence-electron chi connectivity index (χ0n) is 10.1. The van der Waals surface area contributed by atoms with Gasteiger partial charge in [-0.2, -0.15) is 0 Å². The number of hydrogen-bond acceptors (Lipinski definition) is 2. The van der Waals surface area contributed by atoms with Gasteiger partial charge in [0.25, 0.3) is 0 Å². The van der Waals surface area contributed by atoms with Gasteiger partial charge in [0.05, 0.1) is 5.56 Å². The molecule has 1 aromatic rings. The average Bonchev–Trinajstić information content (AvgIpc) is 2.25. The summed E-state index contributed by atoms with van der Waals surface area (Å²) in [7, 11) is 3.50. The van der Waals surface area contributed by atoms with E-state index in [1.807, 2.05) is 0 Å². The van der Waals surface area contributed by atoms with E-state index in [1.165, 1.54) is 6.07 Å². The number of hydrogen-bond donors (Lipinski definition) is 0. The maximum Gasteiger partial charge on any atom is 0.196 e. The first-order valence-electron chi connectivity index (χ1n) is 5.33. The number of allylic oxidation sites excluding steroid dienone is 1. The lowest BCUT2D eigenvalue weighted by Gasteiger charge is -2.10. The topological polar surface area (TPSA) is 20.3 Å². The van der Waals surface area contributed by atoms with Crippen molar-refractivity contribution in [2.75, 3.05) is 14.1 Å². The fourth-order valence-corrected chi connectivity index (χ4v) is 1.50. The second-order valence-corrected chi connectivity index (χ2v) is 3.90. The van der Waals surface area contributed by atoms with Gasteiger partial charge in [0.1, 0.15) is 11.6 Å². The predicted molar refractivity (Wildman–Crippen MR) is 62.7 cm³/mol. The van der Waals surface area contributed by atoms with Crippen molar-refractivity contribution in [3.05, 3.63) is 47.2 Å². The van der Waals surface area contributed by atoms with Gasteiger partial charge in [0, 0.05) is 25.9 Å². The van der Waals surface area contributed by atoms with Crippen LogP contribution in [0.1, 0.15) is 23.7 Å². The van der Waals surface area contributed by atoms with Crippen LogP contribution in [0.25, 0.3) is 0 Å². The summed E-state index contributed by atoms with van der Waals surface area (Å²) in [6.07, 6.45) is 2.00. The number of rotatable bonds is 4. The second kappa shape index (κ2) is 5.57. The van der Waals surface area contributed by atoms with Gasteiger partial charge in [0.15, 0.2) is 5.78 Å². The smallest absolute Gasteiger partial charge is 0.196 e. The number of ketones is 1. The van der Waals surface area contributed by atoms with Gasteiger partial charge in [-0.05, 0) is 18.6 Å². The molecule has 0 atom stereocenters. The van der Waals surface area contributed by atoms with Crippen LogP contribution in [-0.2, 0) is 0 Å². The van der Waals surface area contributed by atoms with E-state index >= 15 is 0 Å². The summed E-state index contributed by atoms with van der Waals surface area (Å²) in [5.74, 6) is -2.25. The molecule has 0 saturated heterocycles. The summed E-state index contributed by atoms with van der Waals surface area (Å²) < 4.78 is 26.9. The number of carbonyl (C=O) groups is 1. The molecule has 0 unspecified atom stereocenters. The Hall–Kier alpha value is -1.71. The molecule has 0 aliphatic carbocycles. The molecule has 0 aliphatic heterocycles. The second-order valence-electron chi connectivity index (χ2n) is 3.90. The van der Waals surface area contributed by atoms with Crippen molar-refractivity contribution in [3.63, 3.8) is 0 Å². The summed E-state index contributed by atoms with van der Waals surface area (Å²) in [4.78, 5) is 13.7. The van der Waals surface area contributed by atoms with E-state index in [9.17, 15) is 13.6 Å². The van der Waals surface area contributed by atoms with Crippen LogP contribution in [0.3, 0.4) is 0 Å². The van der Waals surface area contributed by atoms with Crippen molar-refractivity contribution in [1.29, 1.82) is 0 Å². The first-order valence-corrected chi connectivity index (χ1v) is 5.33. The van der Waals surface area contributed by atoms with Gasteiger partial charge in [-0.15, -0.1) is 0 Å². The molecule has 0 spiro atoms. The Labute approximate surface area is 99.5 Å². The molecule has 0 amide bonds. The fourth-order valence-electron chi connectivity index (χ4n) is 1.50. The van der Waals surface area contributed by atoms with Crippen LogP contribution in [0.2, 0.25) is 0 Å². The minimum atomic E-state index is -0.826. The van der Waals surface area contributed by atoms with E-state index in [1.54, 1.807) is 32.1 Å². The Bertz CT molecular complexity index is 432. The molecule has 92 valence electrons. The fraction of sp³-hybridized carbons (Fsp3) is 0.308. The van der Waals surface area contributed by atoms with Gasteiger partial charge < -0.3 is 4.90 Å². The van der Waals surface area contributed by atoms with Gasteiger partial charge in [-0.3, -0.25) is 4.79 Å². The largest absolute Gasteiger partial charge is 0.383 e. The molecule has 0 N–H and O–H groups in total. The number of nitrogens with zero attached hydrogens (tertiary/aromatic N) is 1. The van der Waals surface area contributed by atoms with Gasteiger partial charge in [0.2, 0.25) is 0 Å². The van der Waals surface area contributed by atoms with E-state index in [2.05, 4.69) is 0 Å². The quantitative estimate of drug-likeness (QED) is 0.594. The normalized spacial score (nSPS) is 11.5. The maximum absolute atomic E-state index is 13.4. The molecule has 4 heteroatoms. The van der Waals surface area contributed by atoms with E-state index in [0.717, 1.165) is 12.1 Å². The van der Waals surface area contributed by atoms with Gasteiger partial charge >= 0.3 is 0 Å². The van der Waals surface area contributed by atoms with Crippen LogP contribution >= 0.6 is 0 Å². The third-order valence-electron chi connectivity index (χ3n) is 2.28. The lowest BCUT2D eigenvalue weighted by Crippen LogP contribution is -2.12. The van der Waals surface area contributed by atoms with Crippen LogP contribution in [0.15, 0.2) is 30.0 Å². The highest BCUT2D eigenvalue weighted by atomic mass is 19.1. The van der Waals surface area contributed by atoms with Crippen molar-refractivity contribution in [1.82, 2.24) is 4.90 Å². The molecule has 0 aromatic heterocycles. The van der Waals surface area contributed by atoms with Crippen LogP contribution < -0.4 is 0 Å². The molecule has 1 aromatic carbocycles. The summed E-state index contributed by atoms with van der Waals surface area (Å²) in [5.41, 5.74) is -0.110. The predicted octanol–water partition coefficient (Wildman–Crippen LogP) is 3.00. The zero-order valence-corrected chi connectivity index (χ0v) is 10.1. The highest BCUT2D eigenvalue weighted by molar-refractivity contribution is 6.08. The molecule has 0 fully saturated rings. The maximum atomic E-state index is 13.4. The minimum absolute atomic E-state index is 0.374. The minimum Gasteiger partial charge on any atom is -0.383 e. The van der Waals surface area contributed by atoms with Crippen molar-refractivity contribution < 1.29 is 13.6 Å². The lowest BCUT2D eigenvalue weighted by molar-refractivity contribution is 0.102. The molecule has 0 bridgehead atoms. The number of halogens is 2. The van der Waals surface area contributed by atoms with Crippen LogP contribution in [0.4, 0.5) is 8.78 Å². The molecule has 0 radical (unpaired) electrons. The molecule has 17 heavy (non-hydrogen) atoms. The van der Waals surface area contributed by atoms with E-state index < -0.39 is 23.0 Å². The Morgan fingerprint density at radius 3 is 2.24 bits per heavy atom. The lowest BCUT2D eigenvalue weighted by atomic mass is 10.0. The Morgan fingerprint density at radius 2 is 1.82 bits per heavy atom. The van der Waals surface area contributed by atoms with Crippen molar-refractivity contribution >= 4 is 5.78 Å². The van der Waals surface area contributed by atoms with Crippen molar-refractivity contribution in [2.24, 2.45) is 0 Å². The van der Waals surface area contributed by atoms with E-state index in [0.29, 0.717) is 12.0 Å². The van der Waals surface area contributed by atoms with Crippen LogP contribution in [-0.4, -0.2) is 24.8 Å². The molecule has 0 saturated carbocycles. The van der Waals surface area contributed by atoms with Crippen LogP contribution in [0.5, 0.6) is 0 Å². The number of Topliss-reactive ketones (excluding diaryl/α,β-unsaturated/α-hetero) is 1. The standard InChI is InChI=1S/C13H15F2NO/c1-4-9(8-16(2)3)13(17)12-10(14)6-5-7-11(12)15/h5-8H,4H2,1-3H3/b9-8+. The summed E-state index contributed by atoms with van der Waals surface area (Å²) in [6, 6.07) is 3.40. The number of benzene rings is 1. The molecule has 2 nitrogen and oxygen atoms in total. The molecular formula is C13H15F2NO. The Kier molecular flexibility index (Phi) is 4.37. The third-order valence-corrected chi connectivity index (χ3v) is 2.28. The van der Waals surface area contributed by atoms with E-state index in [-0.39, 0.29) is 0 Å². The first kappa shape index (κ1) is 13.4. The van der Waals surface area contributed by atoms with Crippen LogP contribution in [0, 0.1) is 11.6 Å². The van der Waals surface area contributed by atoms with Gasteiger partial charge in [-0.1, -0.05) is 13.0 Å². The Balaban J connectivity index is 3.20. The van der Waals surface area contributed by atoms with Crippen molar-refractivity contribution in [3.8, 4) is 0 Å². The number of carbonyl (C=O) groups excluding carboxylic acids is 1. The zero-order chi connectivity index (χ0) is 13.0.